The second-order valence-electron chi connectivity index (χ2n) is 4.94. The molecular weight excluding hydrogens is 269 g/mol. The van der Waals surface area contributed by atoms with Gasteiger partial charge in [0.05, 0.1) is 0 Å². The number of hydrogen-bond acceptors (Lipinski definition) is 4. The van der Waals surface area contributed by atoms with Gasteiger partial charge in [-0.15, -0.1) is 5.10 Å². The highest BCUT2D eigenvalue weighted by Crippen LogP contribution is 2.25. The maximum absolute atomic E-state index is 14.1. The first-order valence-electron chi connectivity index (χ1n) is 6.47. The standard InChI is InChI=1S/C15H14FN5/c1-9-3-6-13(16)14(7-9)21-15(18-19-20-21)12-5-4-11(17)8-10(12)2/h3-8H,17H2,1-2H3. The van der Waals surface area contributed by atoms with Crippen molar-refractivity contribution in [3.63, 3.8) is 0 Å². The topological polar surface area (TPSA) is 69.6 Å². The van der Waals surface area contributed by atoms with Gasteiger partial charge in [0.2, 0.25) is 0 Å². The molecular formula is C15H14FN5. The van der Waals surface area contributed by atoms with Gasteiger partial charge in [-0.2, -0.15) is 4.68 Å². The molecule has 0 fully saturated rings. The van der Waals surface area contributed by atoms with Gasteiger partial charge >= 0.3 is 0 Å². The Hall–Kier alpha value is -2.76. The Morgan fingerprint density at radius 2 is 1.90 bits per heavy atom. The van der Waals surface area contributed by atoms with Crippen molar-refractivity contribution in [3.8, 4) is 17.1 Å². The SMILES string of the molecule is Cc1ccc(F)c(-n2nnnc2-c2ccc(N)cc2C)c1. The molecule has 5 nitrogen and oxygen atoms in total. The van der Waals surface area contributed by atoms with Crippen LogP contribution in [0.5, 0.6) is 0 Å². The molecule has 2 aromatic carbocycles. The Bertz CT molecular complexity index is 810. The molecule has 0 saturated carbocycles. The molecule has 6 heteroatoms. The lowest BCUT2D eigenvalue weighted by Crippen LogP contribution is -2.04. The molecule has 0 atom stereocenters. The van der Waals surface area contributed by atoms with Crippen molar-refractivity contribution in [3.05, 3.63) is 53.3 Å². The summed E-state index contributed by atoms with van der Waals surface area (Å²) in [6.45, 7) is 3.80. The van der Waals surface area contributed by atoms with Crippen molar-refractivity contribution in [1.82, 2.24) is 20.2 Å². The van der Waals surface area contributed by atoms with Crippen LogP contribution in [-0.4, -0.2) is 20.2 Å². The normalized spacial score (nSPS) is 10.8. The number of halogens is 1. The highest BCUT2D eigenvalue weighted by atomic mass is 19.1. The van der Waals surface area contributed by atoms with Gasteiger partial charge in [-0.1, -0.05) is 6.07 Å². The Morgan fingerprint density at radius 1 is 1.10 bits per heavy atom. The summed E-state index contributed by atoms with van der Waals surface area (Å²) in [4.78, 5) is 0. The van der Waals surface area contributed by atoms with Gasteiger partial charge in [0.1, 0.15) is 11.5 Å². The lowest BCUT2D eigenvalue weighted by atomic mass is 10.1. The van der Waals surface area contributed by atoms with Gasteiger partial charge in [-0.05, 0) is 65.7 Å². The summed E-state index contributed by atoms with van der Waals surface area (Å²) in [7, 11) is 0. The van der Waals surface area contributed by atoms with Gasteiger partial charge in [0, 0.05) is 11.3 Å². The summed E-state index contributed by atoms with van der Waals surface area (Å²) in [5.41, 5.74) is 9.42. The summed E-state index contributed by atoms with van der Waals surface area (Å²) in [5, 5.41) is 11.6. The monoisotopic (exact) mass is 283 g/mol. The van der Waals surface area contributed by atoms with Crippen LogP contribution in [0, 0.1) is 19.7 Å². The van der Waals surface area contributed by atoms with Crippen molar-refractivity contribution in [2.24, 2.45) is 0 Å². The van der Waals surface area contributed by atoms with Crippen molar-refractivity contribution in [2.75, 3.05) is 5.73 Å². The molecule has 0 radical (unpaired) electrons. The zero-order valence-electron chi connectivity index (χ0n) is 11.7. The van der Waals surface area contributed by atoms with E-state index in [2.05, 4.69) is 15.5 Å². The Morgan fingerprint density at radius 3 is 2.67 bits per heavy atom. The van der Waals surface area contributed by atoms with Crippen LogP contribution >= 0.6 is 0 Å². The number of rotatable bonds is 2. The minimum atomic E-state index is -0.373. The summed E-state index contributed by atoms with van der Waals surface area (Å²) in [6.07, 6.45) is 0. The van der Waals surface area contributed by atoms with E-state index in [1.54, 1.807) is 18.2 Å². The summed E-state index contributed by atoms with van der Waals surface area (Å²) >= 11 is 0. The molecule has 0 unspecified atom stereocenters. The highest BCUT2D eigenvalue weighted by molar-refractivity contribution is 5.65. The van der Waals surface area contributed by atoms with Crippen LogP contribution in [-0.2, 0) is 0 Å². The number of aromatic nitrogens is 4. The molecule has 0 bridgehead atoms. The summed E-state index contributed by atoms with van der Waals surface area (Å²) < 4.78 is 15.5. The van der Waals surface area contributed by atoms with Crippen molar-refractivity contribution in [1.29, 1.82) is 0 Å². The lowest BCUT2D eigenvalue weighted by Gasteiger charge is -2.09. The first-order valence-corrected chi connectivity index (χ1v) is 6.47. The number of benzene rings is 2. The number of hydrogen-bond donors (Lipinski definition) is 1. The number of tetrazole rings is 1. The molecule has 21 heavy (non-hydrogen) atoms. The van der Waals surface area contributed by atoms with Crippen molar-refractivity contribution in [2.45, 2.75) is 13.8 Å². The Balaban J connectivity index is 2.19. The third-order valence-electron chi connectivity index (χ3n) is 3.29. The van der Waals surface area contributed by atoms with Crippen LogP contribution in [0.15, 0.2) is 36.4 Å². The van der Waals surface area contributed by atoms with E-state index in [-0.39, 0.29) is 5.82 Å². The van der Waals surface area contributed by atoms with Gasteiger partial charge < -0.3 is 5.73 Å². The minimum Gasteiger partial charge on any atom is -0.399 e. The van der Waals surface area contributed by atoms with Gasteiger partial charge in [-0.3, -0.25) is 0 Å². The van der Waals surface area contributed by atoms with Crippen LogP contribution in [0.3, 0.4) is 0 Å². The number of aryl methyl sites for hydroxylation is 2. The van der Waals surface area contributed by atoms with E-state index in [1.165, 1.54) is 10.7 Å². The third kappa shape index (κ3) is 2.35. The average molecular weight is 283 g/mol. The number of nitrogens with two attached hydrogens (primary N) is 1. The molecule has 0 amide bonds. The second kappa shape index (κ2) is 4.97. The fraction of sp³-hybridized carbons (Fsp3) is 0.133. The first-order chi connectivity index (χ1) is 10.1. The molecule has 1 aromatic heterocycles. The van der Waals surface area contributed by atoms with Crippen molar-refractivity contribution < 1.29 is 4.39 Å². The molecule has 3 rings (SSSR count). The minimum absolute atomic E-state index is 0.325. The fourth-order valence-corrected chi connectivity index (χ4v) is 2.24. The van der Waals surface area contributed by atoms with Crippen LogP contribution in [0.4, 0.5) is 10.1 Å². The molecule has 2 N–H and O–H groups in total. The van der Waals surface area contributed by atoms with E-state index in [9.17, 15) is 4.39 Å². The quantitative estimate of drug-likeness (QED) is 0.734. The Kier molecular flexibility index (Phi) is 3.13. The maximum atomic E-state index is 14.1. The second-order valence-corrected chi connectivity index (χ2v) is 4.94. The highest BCUT2D eigenvalue weighted by Gasteiger charge is 2.15. The van der Waals surface area contributed by atoms with Gasteiger partial charge in [0.15, 0.2) is 5.82 Å². The van der Waals surface area contributed by atoms with E-state index in [4.69, 9.17) is 5.73 Å². The predicted octanol–water partition coefficient (Wildman–Crippen LogP) is 2.67. The zero-order chi connectivity index (χ0) is 15.0. The van der Waals surface area contributed by atoms with Crippen LogP contribution in [0.2, 0.25) is 0 Å². The molecule has 3 aromatic rings. The van der Waals surface area contributed by atoms with E-state index < -0.39 is 0 Å². The molecule has 106 valence electrons. The average Bonchev–Trinajstić information content (AvgIpc) is 2.90. The Labute approximate surface area is 121 Å². The van der Waals surface area contributed by atoms with Crippen LogP contribution < -0.4 is 5.73 Å². The fourth-order valence-electron chi connectivity index (χ4n) is 2.24. The number of nitrogen functional groups attached to an aromatic ring is 1. The summed E-state index contributed by atoms with van der Waals surface area (Å²) in [5.74, 6) is 0.110. The van der Waals surface area contributed by atoms with Crippen LogP contribution in [0.1, 0.15) is 11.1 Å². The predicted molar refractivity (Wildman–Crippen MR) is 78.4 cm³/mol. The van der Waals surface area contributed by atoms with Gasteiger partial charge in [0.25, 0.3) is 0 Å². The molecule has 0 saturated heterocycles. The van der Waals surface area contributed by atoms with Gasteiger partial charge in [-0.25, -0.2) is 4.39 Å². The zero-order valence-corrected chi connectivity index (χ0v) is 11.7. The van der Waals surface area contributed by atoms with E-state index in [1.807, 2.05) is 26.0 Å². The molecule has 0 aliphatic rings. The summed E-state index contributed by atoms with van der Waals surface area (Å²) in [6, 6.07) is 10.3. The van der Waals surface area contributed by atoms with E-state index >= 15 is 0 Å². The molecule has 0 spiro atoms. The van der Waals surface area contributed by atoms with E-state index in [0.29, 0.717) is 17.2 Å². The maximum Gasteiger partial charge on any atom is 0.187 e. The lowest BCUT2D eigenvalue weighted by molar-refractivity contribution is 0.607. The molecule has 1 heterocycles. The van der Waals surface area contributed by atoms with E-state index in [0.717, 1.165) is 16.7 Å². The number of anilines is 1. The largest absolute Gasteiger partial charge is 0.399 e. The first kappa shape index (κ1) is 13.2. The smallest absolute Gasteiger partial charge is 0.187 e. The molecule has 0 aliphatic heterocycles. The third-order valence-corrected chi connectivity index (χ3v) is 3.29. The van der Waals surface area contributed by atoms with Crippen molar-refractivity contribution >= 4 is 5.69 Å². The molecule has 0 aliphatic carbocycles. The van der Waals surface area contributed by atoms with Crippen LogP contribution in [0.25, 0.3) is 17.1 Å². The number of nitrogens with zero attached hydrogens (tertiary/aromatic N) is 4.